The predicted octanol–water partition coefficient (Wildman–Crippen LogP) is 6.13. The summed E-state index contributed by atoms with van der Waals surface area (Å²) >= 11 is 4.37. The summed E-state index contributed by atoms with van der Waals surface area (Å²) < 4.78 is 86.9. The minimum atomic E-state index is -3.37. The first-order valence-corrected chi connectivity index (χ1v) is 24.0. The molecule has 0 bridgehead atoms. The van der Waals surface area contributed by atoms with E-state index in [9.17, 15) is 25.3 Å². The summed E-state index contributed by atoms with van der Waals surface area (Å²) in [5.41, 5.74) is 19.9. The van der Waals surface area contributed by atoms with Gasteiger partial charge in [-0.1, -0.05) is 10.3 Å². The number of nitrogens with one attached hydrogen (secondary N) is 2. The Kier molecular flexibility index (Phi) is 16.4. The van der Waals surface area contributed by atoms with Crippen molar-refractivity contribution in [2.24, 2.45) is 8.80 Å². The molecule has 0 aliphatic heterocycles. The molecule has 3 aliphatic carbocycles. The van der Waals surface area contributed by atoms with Gasteiger partial charge >= 0.3 is 37.7 Å². The van der Waals surface area contributed by atoms with Crippen LogP contribution in [0.15, 0.2) is 42.1 Å². The van der Waals surface area contributed by atoms with Crippen LogP contribution in [0.2, 0.25) is 0 Å². The largest absolute Gasteiger partial charge is 2.00 e. The number of nitrogens with zero attached hydrogens (tertiary/aromatic N) is 7. The van der Waals surface area contributed by atoms with Gasteiger partial charge in [0.2, 0.25) is 16.0 Å². The fourth-order valence-electron chi connectivity index (χ4n) is 5.43. The predicted molar refractivity (Wildman–Crippen MR) is 244 cm³/mol. The number of imidazole rings is 1. The molecule has 59 heavy (non-hydrogen) atoms. The molecule has 0 amide bonds. The van der Waals surface area contributed by atoms with E-state index in [1.54, 1.807) is 0 Å². The molecule has 25 heteroatoms. The smallest absolute Gasteiger partial charge is 0.422 e. The molecule has 3 aromatic heterocycles. The Hall–Kier alpha value is -2.94. The van der Waals surface area contributed by atoms with Crippen LogP contribution in [0.3, 0.4) is 0 Å². The number of sulfonamides is 3. The van der Waals surface area contributed by atoms with E-state index in [-0.39, 0.29) is 59.4 Å². The van der Waals surface area contributed by atoms with Gasteiger partial charge < -0.3 is 45.1 Å². The molecule has 0 spiro atoms. The third-order valence-corrected chi connectivity index (χ3v) is 15.6. The number of fused-ring (bicyclic) bond motifs is 1. The van der Waals surface area contributed by atoms with E-state index >= 15 is 0 Å². The molecule has 2 aromatic carbocycles. The summed E-state index contributed by atoms with van der Waals surface area (Å²) in [5.74, 6) is 1.79. The van der Waals surface area contributed by atoms with Crippen LogP contribution in [0, 0.1) is 34.8 Å². The monoisotopic (exact) mass is 1120 g/mol. The number of nitrogens with two attached hydrogens (primary N) is 2. The second-order valence-corrected chi connectivity index (χ2v) is 21.5. The zero-order valence-electron chi connectivity index (χ0n) is 32.0. The fourth-order valence-corrected chi connectivity index (χ4v) is 10.1. The van der Waals surface area contributed by atoms with Crippen molar-refractivity contribution in [2.45, 2.75) is 82.0 Å². The van der Waals surface area contributed by atoms with Gasteiger partial charge in [0, 0.05) is 18.3 Å². The summed E-state index contributed by atoms with van der Waals surface area (Å²) in [6.45, 7) is 7.56. The van der Waals surface area contributed by atoms with Crippen molar-refractivity contribution < 1.29 is 34.3 Å². The second-order valence-electron chi connectivity index (χ2n) is 13.5. The number of halogens is 2. The van der Waals surface area contributed by atoms with Gasteiger partial charge in [0.1, 0.15) is 17.0 Å². The minimum absolute atomic E-state index is 0. The first-order chi connectivity index (χ1) is 27.2. The maximum absolute atomic E-state index is 12.1. The van der Waals surface area contributed by atoms with Crippen molar-refractivity contribution in [3.8, 4) is 22.3 Å². The van der Waals surface area contributed by atoms with Crippen molar-refractivity contribution in [3.63, 3.8) is 0 Å². The van der Waals surface area contributed by atoms with E-state index in [1.807, 2.05) is 52.0 Å². The average Bonchev–Trinajstić information content (AvgIpc) is 4.01. The first kappa shape index (κ1) is 48.7. The summed E-state index contributed by atoms with van der Waals surface area (Å²) in [5, 5.41) is 22.7. The van der Waals surface area contributed by atoms with Crippen molar-refractivity contribution in [1.82, 2.24) is 20.3 Å². The quantitative estimate of drug-likeness (QED) is 0.0559. The average molecular weight is 1120 g/mol. The van der Waals surface area contributed by atoms with Crippen molar-refractivity contribution in [1.29, 1.82) is 0 Å². The van der Waals surface area contributed by atoms with Gasteiger partial charge in [-0.3, -0.25) is 4.72 Å². The van der Waals surface area contributed by atoms with Crippen molar-refractivity contribution >= 4 is 153 Å². The number of aromatic nitrogens is 4. The summed E-state index contributed by atoms with van der Waals surface area (Å²) in [7, 11) is -10.1. The van der Waals surface area contributed by atoms with Crippen LogP contribution in [0.1, 0.15) is 61.4 Å². The topological polar surface area (TPSA) is 317 Å². The summed E-state index contributed by atoms with van der Waals surface area (Å²) in [6, 6.07) is 10.3. The van der Waals surface area contributed by atoms with E-state index in [4.69, 9.17) is 31.3 Å². The molecule has 3 saturated carbocycles. The number of hydrogen-bond acceptors (Lipinski definition) is 13. The van der Waals surface area contributed by atoms with E-state index < -0.39 is 30.1 Å². The number of nitrogen functional groups attached to an aromatic ring is 2. The number of benzene rings is 2. The van der Waals surface area contributed by atoms with E-state index in [0.29, 0.717) is 49.9 Å². The van der Waals surface area contributed by atoms with Gasteiger partial charge in [-0.15, -0.1) is 12.0 Å². The molecule has 19 nitrogen and oxygen atoms in total. The van der Waals surface area contributed by atoms with Crippen LogP contribution in [0.25, 0.3) is 44.1 Å². The third-order valence-electron chi connectivity index (χ3n) is 8.78. The molecule has 3 heterocycles. The maximum atomic E-state index is 12.1. The number of aryl methyl sites for hydroxylation is 4. The Morgan fingerprint density at radius 2 is 1.19 bits per heavy atom. The number of hydrogen-bond donors (Lipinski definition) is 4. The van der Waals surface area contributed by atoms with Crippen LogP contribution >= 0.6 is 45.2 Å². The molecule has 3 fully saturated rings. The van der Waals surface area contributed by atoms with Gasteiger partial charge in [-0.2, -0.15) is 0 Å². The van der Waals surface area contributed by atoms with Gasteiger partial charge in [0.25, 0.3) is 0 Å². The van der Waals surface area contributed by atoms with Gasteiger partial charge in [-0.25, -0.2) is 30.2 Å². The Bertz CT molecular complexity index is 2690. The Labute approximate surface area is 397 Å². The Morgan fingerprint density at radius 1 is 0.746 bits per heavy atom. The fraction of sp³-hybridized carbons (Fsp3) is 0.382. The summed E-state index contributed by atoms with van der Waals surface area (Å²) in [6.07, 6.45) is 4.06. The van der Waals surface area contributed by atoms with Crippen LogP contribution in [0.5, 0.6) is 0 Å². The van der Waals surface area contributed by atoms with Crippen LogP contribution in [-0.2, 0) is 30.1 Å². The molecule has 0 unspecified atom stereocenters. The number of rotatable bonds is 9. The Morgan fingerprint density at radius 3 is 1.58 bits per heavy atom. The molecular weight excluding hydrogens is 1080 g/mol. The van der Waals surface area contributed by atoms with Crippen molar-refractivity contribution in [3.05, 3.63) is 65.1 Å². The molecule has 5 aromatic rings. The third kappa shape index (κ3) is 12.6. The zero-order valence-corrected chi connectivity index (χ0v) is 41.0. The molecule has 3 aliphatic rings. The van der Waals surface area contributed by atoms with Crippen molar-refractivity contribution in [2.75, 3.05) is 16.2 Å². The first-order valence-electron chi connectivity index (χ1n) is 17.3. The molecule has 8 rings (SSSR count). The Balaban J connectivity index is 0.000000189. The maximum Gasteiger partial charge on any atom is 2.00 e. The van der Waals surface area contributed by atoms with E-state index in [2.05, 4.69) is 79.0 Å². The number of H-pyrrole nitrogens is 1. The molecule has 0 atom stereocenters. The molecule has 0 saturated heterocycles. The van der Waals surface area contributed by atoms with Crippen LogP contribution < -0.4 is 16.2 Å². The van der Waals surface area contributed by atoms with Crippen LogP contribution in [-0.4, -0.2) is 111 Å². The standard InChI is InChI=1S/C15H15IN4O3S.C11H12IN3O.2C4H5N2O2S.Ca/c1-7-13(8(2)23-19-7)9-5-11(16)14-12(6-9)17-15(18-14)20-24(21,22)10-3-4-10;1-5-10(6(2)16-15-5)7-3-8(12)11(14)9(13)4-7;2*5-3-6-9(7,8)4-1-2-4;/h5-6,10H,3-4H2,1-2H3,(H2,17,18,20);3-4H,13-14H2,1-2H3;2*4H,1-2H2;/q;;2*-1;+2. The minimum Gasteiger partial charge on any atom is -0.422 e. The van der Waals surface area contributed by atoms with Gasteiger partial charge in [-0.05, 0) is 147 Å². The zero-order chi connectivity index (χ0) is 42.7. The summed E-state index contributed by atoms with van der Waals surface area (Å²) in [4.78, 5) is 7.44. The molecule has 310 valence electrons. The van der Waals surface area contributed by atoms with Crippen LogP contribution in [0.4, 0.5) is 17.3 Å². The SMILES string of the molecule is Cc1noc(C)c1-c1cc(I)c2nc(NS(=O)(=O)C3CC3)[nH]c2c1.Cc1noc(C)c1-c1cc(N)c(N)c(I)c1.[Ca+2].[N-]=C=NS(=O)(=O)C1CC1.[N-]=C=NS(=O)(=O)C1CC1. The molecule has 6 N–H and O–H groups in total. The van der Waals surface area contributed by atoms with E-state index in [1.165, 1.54) is 12.0 Å². The number of anilines is 3. The normalized spacial score (nSPS) is 14.7. The second kappa shape index (κ2) is 19.8. The molecular formula is C34H37CaI2N11O8S3. The number of aromatic amines is 1. The van der Waals surface area contributed by atoms with E-state index in [0.717, 1.165) is 63.3 Å². The molecule has 0 radical (unpaired) electrons. The van der Waals surface area contributed by atoms with Gasteiger partial charge in [0.05, 0.1) is 44.0 Å². The van der Waals surface area contributed by atoms with Gasteiger partial charge in [0.15, 0.2) is 20.0 Å².